The van der Waals surface area contributed by atoms with Gasteiger partial charge >= 0.3 is 0 Å². The Morgan fingerprint density at radius 3 is 2.74 bits per heavy atom. The third-order valence-corrected chi connectivity index (χ3v) is 4.90. The molecule has 0 aromatic heterocycles. The first-order valence-electron chi connectivity index (χ1n) is 9.54. The average molecular weight is 387 g/mol. The van der Waals surface area contributed by atoms with Crippen molar-refractivity contribution in [2.45, 2.75) is 39.3 Å². The van der Waals surface area contributed by atoms with Gasteiger partial charge in [0, 0.05) is 23.8 Å². The minimum absolute atomic E-state index is 0.00419. The molecule has 1 aliphatic heterocycles. The van der Waals surface area contributed by atoms with E-state index in [1.165, 1.54) is 5.56 Å². The van der Waals surface area contributed by atoms with Crippen molar-refractivity contribution in [1.82, 2.24) is 4.90 Å². The normalized spacial score (nSPS) is 17.7. The highest BCUT2D eigenvalue weighted by molar-refractivity contribution is 6.30. The fraction of sp³-hybridized carbons (Fsp3) is 0.409. The number of amides is 1. The highest BCUT2D eigenvalue weighted by Gasteiger charge is 2.25. The maximum absolute atomic E-state index is 12.7. The minimum Gasteiger partial charge on any atom is -0.491 e. The van der Waals surface area contributed by atoms with Crippen LogP contribution in [-0.2, 0) is 11.3 Å². The molecule has 1 unspecified atom stereocenters. The first-order chi connectivity index (χ1) is 13.0. The van der Waals surface area contributed by atoms with Gasteiger partial charge in [-0.1, -0.05) is 23.7 Å². The van der Waals surface area contributed by atoms with E-state index in [-0.39, 0.29) is 17.9 Å². The van der Waals surface area contributed by atoms with E-state index >= 15 is 0 Å². The lowest BCUT2D eigenvalue weighted by Crippen LogP contribution is -2.40. The lowest BCUT2D eigenvalue weighted by atomic mass is 9.96. The fourth-order valence-electron chi connectivity index (χ4n) is 3.44. The van der Waals surface area contributed by atoms with Gasteiger partial charge in [-0.2, -0.15) is 0 Å². The molecule has 1 heterocycles. The van der Waals surface area contributed by atoms with Crippen LogP contribution in [0.4, 0.5) is 5.69 Å². The van der Waals surface area contributed by atoms with Crippen LogP contribution in [0.1, 0.15) is 32.3 Å². The van der Waals surface area contributed by atoms with Crippen molar-refractivity contribution >= 4 is 23.2 Å². The van der Waals surface area contributed by atoms with Crippen LogP contribution in [0.3, 0.4) is 0 Å². The van der Waals surface area contributed by atoms with Crippen molar-refractivity contribution in [3.05, 3.63) is 59.1 Å². The quantitative estimate of drug-likeness (QED) is 0.761. The third-order valence-electron chi connectivity index (χ3n) is 4.67. The first kappa shape index (κ1) is 19.7. The van der Waals surface area contributed by atoms with Crippen LogP contribution in [0.2, 0.25) is 5.02 Å². The van der Waals surface area contributed by atoms with Gasteiger partial charge in [0.15, 0.2) is 0 Å². The summed E-state index contributed by atoms with van der Waals surface area (Å²) in [5, 5.41) is 3.80. The van der Waals surface area contributed by atoms with Crippen molar-refractivity contribution in [3.8, 4) is 5.75 Å². The predicted octanol–water partition coefficient (Wildman–Crippen LogP) is 4.98. The van der Waals surface area contributed by atoms with E-state index in [1.807, 2.05) is 56.3 Å². The van der Waals surface area contributed by atoms with Crippen molar-refractivity contribution in [1.29, 1.82) is 0 Å². The molecule has 0 radical (unpaired) electrons. The molecule has 5 heteroatoms. The lowest BCUT2D eigenvalue weighted by molar-refractivity contribution is -0.121. The molecule has 1 atom stereocenters. The van der Waals surface area contributed by atoms with Gasteiger partial charge in [0.05, 0.1) is 12.0 Å². The van der Waals surface area contributed by atoms with Crippen LogP contribution in [0.25, 0.3) is 0 Å². The molecule has 1 saturated heterocycles. The third kappa shape index (κ3) is 5.98. The van der Waals surface area contributed by atoms with E-state index in [0.717, 1.165) is 48.9 Å². The van der Waals surface area contributed by atoms with Crippen LogP contribution < -0.4 is 10.1 Å². The molecule has 4 nitrogen and oxygen atoms in total. The molecular weight excluding hydrogens is 360 g/mol. The SMILES string of the molecule is CC(C)Oc1ccc(NC(=O)C2CCCN(Cc3cccc(Cl)c3)C2)cc1. The van der Waals surface area contributed by atoms with Gasteiger partial charge in [-0.15, -0.1) is 0 Å². The van der Waals surface area contributed by atoms with E-state index in [2.05, 4.69) is 16.3 Å². The number of halogens is 1. The Balaban J connectivity index is 1.55. The zero-order valence-electron chi connectivity index (χ0n) is 16.0. The number of carbonyl (C=O) groups is 1. The molecule has 2 aromatic carbocycles. The molecule has 1 fully saturated rings. The van der Waals surface area contributed by atoms with Gasteiger partial charge in [0.1, 0.15) is 5.75 Å². The largest absolute Gasteiger partial charge is 0.491 e. The molecule has 0 saturated carbocycles. The van der Waals surface area contributed by atoms with Gasteiger partial charge in [-0.25, -0.2) is 0 Å². The number of anilines is 1. The zero-order chi connectivity index (χ0) is 19.2. The molecule has 27 heavy (non-hydrogen) atoms. The maximum atomic E-state index is 12.7. The number of rotatable bonds is 6. The number of hydrogen-bond donors (Lipinski definition) is 1. The topological polar surface area (TPSA) is 41.6 Å². The Labute approximate surface area is 166 Å². The second-order valence-electron chi connectivity index (χ2n) is 7.38. The van der Waals surface area contributed by atoms with E-state index in [9.17, 15) is 4.79 Å². The summed E-state index contributed by atoms with van der Waals surface area (Å²) in [6, 6.07) is 15.5. The summed E-state index contributed by atoms with van der Waals surface area (Å²) in [6.07, 6.45) is 2.09. The Bertz CT molecular complexity index is 761. The summed E-state index contributed by atoms with van der Waals surface area (Å²) in [6.45, 7) is 6.60. The monoisotopic (exact) mass is 386 g/mol. The molecule has 1 aliphatic rings. The Morgan fingerprint density at radius 1 is 1.26 bits per heavy atom. The van der Waals surface area contributed by atoms with Crippen LogP contribution in [0.5, 0.6) is 5.75 Å². The highest BCUT2D eigenvalue weighted by Crippen LogP contribution is 2.22. The second kappa shape index (κ2) is 9.25. The summed E-state index contributed by atoms with van der Waals surface area (Å²) < 4.78 is 5.64. The Hall–Kier alpha value is -2.04. The number of hydrogen-bond acceptors (Lipinski definition) is 3. The summed E-state index contributed by atoms with van der Waals surface area (Å²) in [5.41, 5.74) is 1.99. The molecule has 0 spiro atoms. The highest BCUT2D eigenvalue weighted by atomic mass is 35.5. The van der Waals surface area contributed by atoms with Gasteiger partial charge in [0.2, 0.25) is 5.91 Å². The average Bonchev–Trinajstić information content (AvgIpc) is 2.63. The zero-order valence-corrected chi connectivity index (χ0v) is 16.7. The number of piperidine rings is 1. The molecule has 0 bridgehead atoms. The number of likely N-dealkylation sites (tertiary alicyclic amines) is 1. The van der Waals surface area contributed by atoms with Crippen molar-refractivity contribution in [3.63, 3.8) is 0 Å². The lowest BCUT2D eigenvalue weighted by Gasteiger charge is -2.32. The molecule has 1 amide bonds. The van der Waals surface area contributed by atoms with Crippen molar-refractivity contribution < 1.29 is 9.53 Å². The van der Waals surface area contributed by atoms with Gasteiger partial charge in [0.25, 0.3) is 0 Å². The number of ether oxygens (including phenoxy) is 1. The Kier molecular flexibility index (Phi) is 6.75. The Morgan fingerprint density at radius 2 is 2.04 bits per heavy atom. The van der Waals surface area contributed by atoms with E-state index < -0.39 is 0 Å². The first-order valence-corrected chi connectivity index (χ1v) is 9.92. The second-order valence-corrected chi connectivity index (χ2v) is 7.82. The summed E-state index contributed by atoms with van der Waals surface area (Å²) in [7, 11) is 0. The maximum Gasteiger partial charge on any atom is 0.228 e. The number of nitrogens with zero attached hydrogens (tertiary/aromatic N) is 1. The van der Waals surface area contributed by atoms with Crippen LogP contribution in [-0.4, -0.2) is 30.0 Å². The van der Waals surface area contributed by atoms with Gasteiger partial charge in [-0.3, -0.25) is 9.69 Å². The van der Waals surface area contributed by atoms with E-state index in [0.29, 0.717) is 0 Å². The summed E-state index contributed by atoms with van der Waals surface area (Å²) in [4.78, 5) is 15.0. The van der Waals surface area contributed by atoms with Crippen molar-refractivity contribution in [2.24, 2.45) is 5.92 Å². The standard InChI is InChI=1S/C22H27ClN2O2/c1-16(2)27-21-10-8-20(9-11-21)24-22(26)18-6-4-12-25(15-18)14-17-5-3-7-19(23)13-17/h3,5,7-11,13,16,18H,4,6,12,14-15H2,1-2H3,(H,24,26). The van der Waals surface area contributed by atoms with E-state index in [1.54, 1.807) is 0 Å². The summed E-state index contributed by atoms with van der Waals surface area (Å²) in [5.74, 6) is 0.904. The molecule has 1 N–H and O–H groups in total. The number of nitrogens with one attached hydrogen (secondary N) is 1. The fourth-order valence-corrected chi connectivity index (χ4v) is 3.65. The van der Waals surface area contributed by atoms with Crippen LogP contribution in [0, 0.1) is 5.92 Å². The number of benzene rings is 2. The molecule has 3 rings (SSSR count). The minimum atomic E-state index is 0.00419. The summed E-state index contributed by atoms with van der Waals surface area (Å²) >= 11 is 6.08. The molecule has 0 aliphatic carbocycles. The van der Waals surface area contributed by atoms with Gasteiger partial charge < -0.3 is 10.1 Å². The predicted molar refractivity (Wildman–Crippen MR) is 110 cm³/mol. The van der Waals surface area contributed by atoms with Crippen molar-refractivity contribution in [2.75, 3.05) is 18.4 Å². The van der Waals surface area contributed by atoms with Crippen LogP contribution in [0.15, 0.2) is 48.5 Å². The molecular formula is C22H27ClN2O2. The smallest absolute Gasteiger partial charge is 0.228 e. The van der Waals surface area contributed by atoms with E-state index in [4.69, 9.17) is 16.3 Å². The van der Waals surface area contributed by atoms with Crippen LogP contribution >= 0.6 is 11.6 Å². The molecule has 2 aromatic rings. The molecule has 144 valence electrons. The van der Waals surface area contributed by atoms with Gasteiger partial charge in [-0.05, 0) is 75.2 Å². The number of carbonyl (C=O) groups excluding carboxylic acids is 1.